The number of amides is 1. The summed E-state index contributed by atoms with van der Waals surface area (Å²) in [7, 11) is 1.44. The fourth-order valence-corrected chi connectivity index (χ4v) is 1.64. The van der Waals surface area contributed by atoms with Gasteiger partial charge in [0.05, 0.1) is 7.11 Å². The molecule has 0 aliphatic carbocycles. The predicted molar refractivity (Wildman–Crippen MR) is 73.5 cm³/mol. The number of methoxy groups -OCH3 is 1. The first-order chi connectivity index (χ1) is 9.08. The van der Waals surface area contributed by atoms with Gasteiger partial charge in [0.1, 0.15) is 10.8 Å². The first kappa shape index (κ1) is 13.7. The molecule has 1 amide bonds. The van der Waals surface area contributed by atoms with Crippen LogP contribution in [0.25, 0.3) is 0 Å². The molecular formula is C11H8BrClN4O2. The fraction of sp³-hybridized carbons (Fsp3) is 0.0909. The molecule has 0 saturated heterocycles. The Kier molecular flexibility index (Phi) is 4.28. The Labute approximate surface area is 122 Å². The van der Waals surface area contributed by atoms with Gasteiger partial charge in [0.25, 0.3) is 5.91 Å². The van der Waals surface area contributed by atoms with Crippen LogP contribution in [0.1, 0.15) is 10.5 Å². The summed E-state index contributed by atoms with van der Waals surface area (Å²) >= 11 is 9.01. The topological polar surface area (TPSA) is 77.0 Å². The molecule has 2 aromatic rings. The fourth-order valence-electron chi connectivity index (χ4n) is 1.23. The molecule has 0 aromatic carbocycles. The first-order valence-corrected chi connectivity index (χ1v) is 6.27. The number of pyridine rings is 1. The molecule has 0 spiro atoms. The highest BCUT2D eigenvalue weighted by molar-refractivity contribution is 9.10. The standard InChI is InChI=1S/C11H8BrClN4O2/c1-19-9-4-8(13)15-11(16-9)17-10(18)7-3-2-6(12)5-14-7/h2-5H,1H3,(H,15,16,17,18). The number of nitrogens with one attached hydrogen (secondary N) is 1. The van der Waals surface area contributed by atoms with Crippen LogP contribution in [0.3, 0.4) is 0 Å². The molecule has 0 bridgehead atoms. The molecular weight excluding hydrogens is 336 g/mol. The van der Waals surface area contributed by atoms with Gasteiger partial charge in [-0.1, -0.05) is 11.6 Å². The second kappa shape index (κ2) is 5.94. The molecule has 8 heteroatoms. The monoisotopic (exact) mass is 342 g/mol. The summed E-state index contributed by atoms with van der Waals surface area (Å²) in [6, 6.07) is 4.72. The largest absolute Gasteiger partial charge is 0.481 e. The van der Waals surface area contributed by atoms with Gasteiger partial charge in [-0.05, 0) is 28.1 Å². The molecule has 2 rings (SSSR count). The molecule has 0 atom stereocenters. The lowest BCUT2D eigenvalue weighted by molar-refractivity contribution is 0.102. The number of hydrogen-bond acceptors (Lipinski definition) is 5. The van der Waals surface area contributed by atoms with E-state index in [2.05, 4.69) is 36.2 Å². The van der Waals surface area contributed by atoms with E-state index in [0.717, 1.165) is 4.47 Å². The van der Waals surface area contributed by atoms with Gasteiger partial charge < -0.3 is 4.74 Å². The van der Waals surface area contributed by atoms with Gasteiger partial charge in [0, 0.05) is 16.7 Å². The molecule has 6 nitrogen and oxygen atoms in total. The first-order valence-electron chi connectivity index (χ1n) is 5.10. The summed E-state index contributed by atoms with van der Waals surface area (Å²) in [5.74, 6) is -0.116. The van der Waals surface area contributed by atoms with Gasteiger partial charge in [0.15, 0.2) is 0 Å². The predicted octanol–water partition coefficient (Wildman–Crippen LogP) is 2.55. The van der Waals surface area contributed by atoms with Crippen molar-refractivity contribution >= 4 is 39.4 Å². The SMILES string of the molecule is COc1cc(Cl)nc(NC(=O)c2ccc(Br)cn2)n1. The van der Waals surface area contributed by atoms with E-state index in [1.165, 1.54) is 19.4 Å². The Morgan fingerprint density at radius 2 is 2.21 bits per heavy atom. The molecule has 0 saturated carbocycles. The lowest BCUT2D eigenvalue weighted by atomic mass is 10.3. The number of nitrogens with zero attached hydrogens (tertiary/aromatic N) is 3. The quantitative estimate of drug-likeness (QED) is 0.867. The third kappa shape index (κ3) is 3.62. The molecule has 0 unspecified atom stereocenters. The van der Waals surface area contributed by atoms with Gasteiger partial charge >= 0.3 is 0 Å². The second-order valence-corrected chi connectivity index (χ2v) is 4.68. The molecule has 19 heavy (non-hydrogen) atoms. The van der Waals surface area contributed by atoms with E-state index >= 15 is 0 Å². The highest BCUT2D eigenvalue weighted by Gasteiger charge is 2.11. The number of carbonyl (C=O) groups excluding carboxylic acids is 1. The maximum Gasteiger partial charge on any atom is 0.276 e. The number of halogens is 2. The summed E-state index contributed by atoms with van der Waals surface area (Å²) in [4.78, 5) is 23.7. The number of carbonyl (C=O) groups is 1. The van der Waals surface area contributed by atoms with Crippen LogP contribution in [0.15, 0.2) is 28.9 Å². The number of hydrogen-bond donors (Lipinski definition) is 1. The van der Waals surface area contributed by atoms with Crippen LogP contribution in [0.2, 0.25) is 5.15 Å². The summed E-state index contributed by atoms with van der Waals surface area (Å²) in [5, 5.41) is 2.66. The molecule has 0 aliphatic rings. The average molecular weight is 344 g/mol. The third-order valence-electron chi connectivity index (χ3n) is 2.07. The van der Waals surface area contributed by atoms with Crippen LogP contribution in [-0.2, 0) is 0 Å². The number of aromatic nitrogens is 3. The van der Waals surface area contributed by atoms with E-state index in [1.54, 1.807) is 12.1 Å². The van der Waals surface area contributed by atoms with Crippen molar-refractivity contribution < 1.29 is 9.53 Å². The maximum atomic E-state index is 11.9. The van der Waals surface area contributed by atoms with Gasteiger partial charge in [-0.15, -0.1) is 0 Å². The van der Waals surface area contributed by atoms with Gasteiger partial charge in [0.2, 0.25) is 11.8 Å². The third-order valence-corrected chi connectivity index (χ3v) is 2.73. The Balaban J connectivity index is 2.18. The van der Waals surface area contributed by atoms with E-state index in [-0.39, 0.29) is 22.7 Å². The highest BCUT2D eigenvalue weighted by atomic mass is 79.9. The molecule has 2 aromatic heterocycles. The smallest absolute Gasteiger partial charge is 0.276 e. The van der Waals surface area contributed by atoms with Crippen molar-refractivity contribution in [3.8, 4) is 5.88 Å². The van der Waals surface area contributed by atoms with Crippen LogP contribution in [0.5, 0.6) is 5.88 Å². The van der Waals surface area contributed by atoms with Crippen molar-refractivity contribution in [3.63, 3.8) is 0 Å². The summed E-state index contributed by atoms with van der Waals surface area (Å²) < 4.78 is 5.71. The Hall–Kier alpha value is -1.73. The number of rotatable bonds is 3. The van der Waals surface area contributed by atoms with Crippen LogP contribution < -0.4 is 10.1 Å². The van der Waals surface area contributed by atoms with Gasteiger partial charge in [-0.2, -0.15) is 4.98 Å². The van der Waals surface area contributed by atoms with Gasteiger partial charge in [-0.25, -0.2) is 9.97 Å². The lowest BCUT2D eigenvalue weighted by Crippen LogP contribution is -2.15. The lowest BCUT2D eigenvalue weighted by Gasteiger charge is -2.05. The summed E-state index contributed by atoms with van der Waals surface area (Å²) in [6.07, 6.45) is 1.52. The Bertz CT molecular complexity index is 606. The molecule has 0 fully saturated rings. The zero-order valence-corrected chi connectivity index (χ0v) is 12.1. The number of anilines is 1. The minimum absolute atomic E-state index is 0.0547. The van der Waals surface area contributed by atoms with E-state index < -0.39 is 5.91 Å². The van der Waals surface area contributed by atoms with E-state index in [0.29, 0.717) is 0 Å². The normalized spacial score (nSPS) is 10.1. The number of ether oxygens (including phenoxy) is 1. The molecule has 1 N–H and O–H groups in total. The summed E-state index contributed by atoms with van der Waals surface area (Å²) in [5.41, 5.74) is 0.241. The van der Waals surface area contributed by atoms with Crippen molar-refractivity contribution in [2.24, 2.45) is 0 Å². The average Bonchev–Trinajstić information content (AvgIpc) is 2.38. The van der Waals surface area contributed by atoms with Crippen molar-refractivity contribution in [1.29, 1.82) is 0 Å². The molecule has 0 radical (unpaired) electrons. The highest BCUT2D eigenvalue weighted by Crippen LogP contribution is 2.16. The molecule has 0 aliphatic heterocycles. The molecule has 98 valence electrons. The van der Waals surface area contributed by atoms with Crippen LogP contribution in [0, 0.1) is 0 Å². The van der Waals surface area contributed by atoms with E-state index in [9.17, 15) is 4.79 Å². The maximum absolute atomic E-state index is 11.9. The summed E-state index contributed by atoms with van der Waals surface area (Å²) in [6.45, 7) is 0. The van der Waals surface area contributed by atoms with Crippen molar-refractivity contribution in [2.45, 2.75) is 0 Å². The van der Waals surface area contributed by atoms with E-state index in [4.69, 9.17) is 16.3 Å². The van der Waals surface area contributed by atoms with Crippen LogP contribution in [0.4, 0.5) is 5.95 Å². The molecule has 2 heterocycles. The van der Waals surface area contributed by atoms with Gasteiger partial charge in [-0.3, -0.25) is 10.1 Å². The second-order valence-electron chi connectivity index (χ2n) is 3.37. The van der Waals surface area contributed by atoms with Crippen LogP contribution >= 0.6 is 27.5 Å². The van der Waals surface area contributed by atoms with Crippen molar-refractivity contribution in [3.05, 3.63) is 39.7 Å². The minimum atomic E-state index is -0.434. The van der Waals surface area contributed by atoms with Crippen LogP contribution in [-0.4, -0.2) is 28.0 Å². The van der Waals surface area contributed by atoms with E-state index in [1.807, 2.05) is 0 Å². The minimum Gasteiger partial charge on any atom is -0.481 e. The van der Waals surface area contributed by atoms with Crippen molar-refractivity contribution in [1.82, 2.24) is 15.0 Å². The Morgan fingerprint density at radius 1 is 1.42 bits per heavy atom. The van der Waals surface area contributed by atoms with Crippen molar-refractivity contribution in [2.75, 3.05) is 12.4 Å². The zero-order chi connectivity index (χ0) is 13.8. The zero-order valence-electron chi connectivity index (χ0n) is 9.72. The Morgan fingerprint density at radius 3 is 2.84 bits per heavy atom.